The quantitative estimate of drug-likeness (QED) is 0.776. The van der Waals surface area contributed by atoms with Crippen LogP contribution >= 0.6 is 11.8 Å². The molecule has 0 amide bonds. The summed E-state index contributed by atoms with van der Waals surface area (Å²) >= 11 is 1.48. The van der Waals surface area contributed by atoms with Crippen LogP contribution in [0, 0.1) is 5.82 Å². The molecule has 0 radical (unpaired) electrons. The molecule has 0 fully saturated rings. The third-order valence-electron chi connectivity index (χ3n) is 3.06. The maximum Gasteiger partial charge on any atom is 0.125 e. The second kappa shape index (κ2) is 8.17. The molecule has 0 aromatic heterocycles. The summed E-state index contributed by atoms with van der Waals surface area (Å²) in [5.74, 6) is 0.284. The Morgan fingerprint density at radius 1 is 1.13 bits per heavy atom. The van der Waals surface area contributed by atoms with Crippen molar-refractivity contribution in [3.63, 3.8) is 0 Å². The average molecular weight is 337 g/mol. The third kappa shape index (κ3) is 5.11. The highest BCUT2D eigenvalue weighted by molar-refractivity contribution is 7.99. The van der Waals surface area contributed by atoms with E-state index in [9.17, 15) is 8.78 Å². The van der Waals surface area contributed by atoms with E-state index in [1.54, 1.807) is 12.1 Å². The molecule has 3 nitrogen and oxygen atoms in total. The molecule has 0 unspecified atom stereocenters. The molecule has 6 heteroatoms. The Labute approximate surface area is 139 Å². The number of alkyl halides is 1. The number of hydrogen-bond acceptors (Lipinski definition) is 4. The zero-order chi connectivity index (χ0) is 16.8. The van der Waals surface area contributed by atoms with E-state index >= 15 is 0 Å². The lowest BCUT2D eigenvalue weighted by molar-refractivity contribution is 0.272. The number of halogens is 2. The van der Waals surface area contributed by atoms with Crippen LogP contribution in [0.25, 0.3) is 0 Å². The Morgan fingerprint density at radius 3 is 2.52 bits per heavy atom. The minimum Gasteiger partial charge on any atom is -0.491 e. The van der Waals surface area contributed by atoms with Gasteiger partial charge < -0.3 is 15.4 Å². The van der Waals surface area contributed by atoms with Gasteiger partial charge in [-0.2, -0.15) is 0 Å². The number of anilines is 1. The molecule has 2 aromatic carbocycles. The molecule has 0 heterocycles. The number of nitrogens with zero attached hydrogens (tertiary/aromatic N) is 1. The van der Waals surface area contributed by atoms with Gasteiger partial charge in [0.1, 0.15) is 24.8 Å². The van der Waals surface area contributed by atoms with Crippen LogP contribution in [-0.4, -0.2) is 32.3 Å². The third-order valence-corrected chi connectivity index (χ3v) is 4.27. The summed E-state index contributed by atoms with van der Waals surface area (Å²) in [6.07, 6.45) is 0. The van der Waals surface area contributed by atoms with E-state index in [0.29, 0.717) is 18.0 Å². The number of ether oxygens (including phenoxy) is 1. The predicted molar refractivity (Wildman–Crippen MR) is 90.2 cm³/mol. The number of hydrogen-bond donors (Lipinski definition) is 1. The van der Waals surface area contributed by atoms with Crippen molar-refractivity contribution in [3.05, 3.63) is 47.8 Å². The van der Waals surface area contributed by atoms with E-state index in [-0.39, 0.29) is 12.4 Å². The Hall–Kier alpha value is -1.79. The van der Waals surface area contributed by atoms with Crippen molar-refractivity contribution >= 4 is 17.4 Å². The van der Waals surface area contributed by atoms with Crippen molar-refractivity contribution in [3.8, 4) is 5.75 Å². The van der Waals surface area contributed by atoms with Gasteiger partial charge in [-0.15, -0.1) is 0 Å². The van der Waals surface area contributed by atoms with Crippen LogP contribution in [0.15, 0.2) is 46.2 Å². The predicted octanol–water partition coefficient (Wildman–Crippen LogP) is 3.97. The molecular formula is C17H20F2N2OS. The maximum atomic E-state index is 13.2. The minimum absolute atomic E-state index is 0.0405. The highest BCUT2D eigenvalue weighted by atomic mass is 32.2. The molecule has 0 aliphatic heterocycles. The first-order valence-electron chi connectivity index (χ1n) is 7.19. The SMILES string of the molecule is CN(C)Cc1cc(OCC[18F])ccc1Sc1ccc(F)cc1N. The largest absolute Gasteiger partial charge is 0.491 e. The first kappa shape index (κ1) is 17.6. The maximum absolute atomic E-state index is 13.2. The van der Waals surface area contributed by atoms with Gasteiger partial charge in [-0.25, -0.2) is 8.78 Å². The topological polar surface area (TPSA) is 38.5 Å². The first-order valence-corrected chi connectivity index (χ1v) is 8.00. The zero-order valence-corrected chi connectivity index (χ0v) is 14.0. The highest BCUT2D eigenvalue weighted by Crippen LogP contribution is 2.36. The van der Waals surface area contributed by atoms with Gasteiger partial charge in [0.25, 0.3) is 0 Å². The summed E-state index contributed by atoms with van der Waals surface area (Å²) in [7, 11) is 3.94. The monoisotopic (exact) mass is 337 g/mol. The number of nitrogens with two attached hydrogens (primary N) is 1. The van der Waals surface area contributed by atoms with Crippen LogP contribution in [0.1, 0.15) is 5.56 Å². The molecule has 2 rings (SSSR count). The van der Waals surface area contributed by atoms with Gasteiger partial charge in [0.2, 0.25) is 0 Å². The van der Waals surface area contributed by atoms with Crippen molar-refractivity contribution < 1.29 is 13.5 Å². The Morgan fingerprint density at radius 2 is 1.87 bits per heavy atom. The van der Waals surface area contributed by atoms with Crippen molar-refractivity contribution in [1.82, 2.24) is 4.90 Å². The number of rotatable bonds is 7. The van der Waals surface area contributed by atoms with Gasteiger partial charge in [0, 0.05) is 22.0 Å². The Kier molecular flexibility index (Phi) is 6.24. The van der Waals surface area contributed by atoms with Crippen LogP contribution in [0.4, 0.5) is 14.5 Å². The molecular weight excluding hydrogens is 317 g/mol. The fraction of sp³-hybridized carbons (Fsp3) is 0.294. The van der Waals surface area contributed by atoms with Crippen molar-refractivity contribution in [1.29, 1.82) is 0 Å². The fourth-order valence-corrected chi connectivity index (χ4v) is 3.04. The fourth-order valence-electron chi connectivity index (χ4n) is 2.10. The van der Waals surface area contributed by atoms with Crippen LogP contribution < -0.4 is 10.5 Å². The van der Waals surface area contributed by atoms with E-state index < -0.39 is 6.67 Å². The molecule has 2 aromatic rings. The summed E-state index contributed by atoms with van der Waals surface area (Å²) in [5, 5.41) is 0. The van der Waals surface area contributed by atoms with Gasteiger partial charge >= 0.3 is 0 Å². The van der Waals surface area contributed by atoms with Crippen LogP contribution in [0.5, 0.6) is 5.75 Å². The molecule has 124 valence electrons. The van der Waals surface area contributed by atoms with Crippen molar-refractivity contribution in [2.45, 2.75) is 16.3 Å². The molecule has 0 aliphatic rings. The normalized spacial score (nSPS) is 11.0. The van der Waals surface area contributed by atoms with E-state index in [1.807, 2.05) is 31.1 Å². The first-order chi connectivity index (χ1) is 11.0. The summed E-state index contributed by atoms with van der Waals surface area (Å²) in [5.41, 5.74) is 7.33. The lowest BCUT2D eigenvalue weighted by Gasteiger charge is -2.16. The summed E-state index contributed by atoms with van der Waals surface area (Å²) < 4.78 is 30.8. The molecule has 0 bridgehead atoms. The van der Waals surface area contributed by atoms with Gasteiger partial charge in [-0.1, -0.05) is 11.8 Å². The molecule has 0 aliphatic carbocycles. The summed E-state index contributed by atoms with van der Waals surface area (Å²) in [4.78, 5) is 3.83. The Balaban J connectivity index is 2.28. The lowest BCUT2D eigenvalue weighted by atomic mass is 10.2. The summed E-state index contributed by atoms with van der Waals surface area (Å²) in [6, 6.07) is 9.99. The van der Waals surface area contributed by atoms with Gasteiger partial charge in [-0.3, -0.25) is 0 Å². The zero-order valence-electron chi connectivity index (χ0n) is 13.2. The molecule has 0 saturated heterocycles. The Bertz CT molecular complexity index is 665. The van der Waals surface area contributed by atoms with Gasteiger partial charge in [-0.05, 0) is 56.1 Å². The summed E-state index contributed by atoms with van der Waals surface area (Å²) in [6.45, 7) is 0.223. The second-order valence-electron chi connectivity index (χ2n) is 5.33. The van der Waals surface area contributed by atoms with E-state index in [2.05, 4.69) is 0 Å². The molecule has 0 saturated carbocycles. The van der Waals surface area contributed by atoms with Crippen molar-refractivity contribution in [2.75, 3.05) is 33.1 Å². The van der Waals surface area contributed by atoms with E-state index in [1.165, 1.54) is 23.9 Å². The van der Waals surface area contributed by atoms with E-state index in [4.69, 9.17) is 10.5 Å². The smallest absolute Gasteiger partial charge is 0.125 e. The number of benzene rings is 2. The van der Waals surface area contributed by atoms with Gasteiger partial charge in [0.15, 0.2) is 0 Å². The van der Waals surface area contributed by atoms with Crippen LogP contribution in [0.3, 0.4) is 0 Å². The average Bonchev–Trinajstić information content (AvgIpc) is 2.49. The van der Waals surface area contributed by atoms with Gasteiger partial charge in [0.05, 0.1) is 0 Å². The molecule has 0 atom stereocenters. The highest BCUT2D eigenvalue weighted by Gasteiger charge is 2.10. The lowest BCUT2D eigenvalue weighted by Crippen LogP contribution is -2.11. The molecule has 23 heavy (non-hydrogen) atoms. The van der Waals surface area contributed by atoms with E-state index in [0.717, 1.165) is 15.4 Å². The van der Waals surface area contributed by atoms with Crippen LogP contribution in [-0.2, 0) is 6.54 Å². The standard InChI is InChI=1S/C17H20F2N2OS/c1-21(2)11-12-9-14(22-8-7-18)4-6-16(12)23-17-5-3-13(19)10-15(17)20/h3-6,9-10H,7-8,11,20H2,1-2H3/i18-1. The number of nitrogen functional groups attached to an aromatic ring is 1. The van der Waals surface area contributed by atoms with Crippen molar-refractivity contribution in [2.24, 2.45) is 0 Å². The van der Waals surface area contributed by atoms with Crippen LogP contribution in [0.2, 0.25) is 0 Å². The molecule has 2 N–H and O–H groups in total. The molecule has 0 spiro atoms. The minimum atomic E-state index is -0.522. The second-order valence-corrected chi connectivity index (χ2v) is 6.41.